The Morgan fingerprint density at radius 2 is 2.06 bits per heavy atom. The van der Waals surface area contributed by atoms with Gasteiger partial charge in [0.05, 0.1) is 0 Å². The maximum Gasteiger partial charge on any atom is 0.221 e. The lowest BCUT2D eigenvalue weighted by molar-refractivity contribution is -0.123. The second kappa shape index (κ2) is 4.02. The fourth-order valence-electron chi connectivity index (χ4n) is 3.89. The van der Waals surface area contributed by atoms with Crippen molar-refractivity contribution in [3.05, 3.63) is 34.9 Å². The Labute approximate surface area is 106 Å². The molecule has 4 atom stereocenters. The van der Waals surface area contributed by atoms with E-state index in [-0.39, 0.29) is 11.8 Å². The number of carbonyl (C=O) groups is 1. The molecule has 2 saturated carbocycles. The van der Waals surface area contributed by atoms with Crippen molar-refractivity contribution in [2.24, 2.45) is 23.5 Å². The molecule has 2 N–H and O–H groups in total. The van der Waals surface area contributed by atoms with Gasteiger partial charge < -0.3 is 5.73 Å². The Hall–Kier alpha value is -1.02. The average molecular weight is 250 g/mol. The molecule has 0 aliphatic heterocycles. The summed E-state index contributed by atoms with van der Waals surface area (Å²) in [5.74, 6) is 1.30. The Balaban J connectivity index is 1.98. The largest absolute Gasteiger partial charge is 0.369 e. The number of carbonyl (C=O) groups excluding carboxylic acids is 1. The van der Waals surface area contributed by atoms with Gasteiger partial charge in [-0.25, -0.2) is 0 Å². The zero-order valence-corrected chi connectivity index (χ0v) is 10.4. The lowest BCUT2D eigenvalue weighted by Gasteiger charge is -2.29. The van der Waals surface area contributed by atoms with Crippen molar-refractivity contribution in [2.75, 3.05) is 0 Å². The molecule has 2 nitrogen and oxygen atoms in total. The van der Waals surface area contributed by atoms with E-state index in [1.54, 1.807) is 0 Å². The maximum absolute atomic E-state index is 11.6. The van der Waals surface area contributed by atoms with Gasteiger partial charge >= 0.3 is 0 Å². The molecule has 0 aromatic heterocycles. The monoisotopic (exact) mass is 249 g/mol. The molecular weight excluding hydrogens is 234 g/mol. The van der Waals surface area contributed by atoms with Crippen LogP contribution >= 0.6 is 11.6 Å². The number of fused-ring (bicyclic) bond motifs is 2. The highest BCUT2D eigenvalue weighted by Crippen LogP contribution is 2.56. The molecular formula is C14H16ClNO. The summed E-state index contributed by atoms with van der Waals surface area (Å²) in [7, 11) is 0. The van der Waals surface area contributed by atoms with E-state index in [4.69, 9.17) is 17.3 Å². The number of nitrogens with two attached hydrogens (primary N) is 1. The van der Waals surface area contributed by atoms with Crippen molar-refractivity contribution in [3.63, 3.8) is 0 Å². The zero-order chi connectivity index (χ0) is 12.0. The van der Waals surface area contributed by atoms with Crippen LogP contribution in [0.2, 0.25) is 5.02 Å². The van der Waals surface area contributed by atoms with Crippen LogP contribution in [-0.2, 0) is 4.79 Å². The van der Waals surface area contributed by atoms with Crippen molar-refractivity contribution < 1.29 is 4.79 Å². The second-order valence-corrected chi connectivity index (χ2v) is 5.78. The molecule has 3 rings (SSSR count). The molecule has 0 unspecified atom stereocenters. The lowest BCUT2D eigenvalue weighted by atomic mass is 9.75. The quantitative estimate of drug-likeness (QED) is 0.860. The van der Waals surface area contributed by atoms with Gasteiger partial charge in [0.25, 0.3) is 0 Å². The Kier molecular flexibility index (Phi) is 2.62. The summed E-state index contributed by atoms with van der Waals surface area (Å²) in [5, 5.41) is 0.744. The minimum Gasteiger partial charge on any atom is -0.369 e. The Bertz CT molecular complexity index is 459. The Morgan fingerprint density at radius 1 is 1.29 bits per heavy atom. The molecule has 0 saturated heterocycles. The van der Waals surface area contributed by atoms with E-state index in [0.717, 1.165) is 17.9 Å². The number of benzene rings is 1. The van der Waals surface area contributed by atoms with Crippen LogP contribution in [0.25, 0.3) is 0 Å². The van der Waals surface area contributed by atoms with Crippen LogP contribution in [0.5, 0.6) is 0 Å². The van der Waals surface area contributed by atoms with Crippen molar-refractivity contribution >= 4 is 17.5 Å². The number of halogens is 1. The second-order valence-electron chi connectivity index (χ2n) is 5.34. The molecule has 0 heterocycles. The topological polar surface area (TPSA) is 43.1 Å². The van der Waals surface area contributed by atoms with Gasteiger partial charge in [0, 0.05) is 10.9 Å². The molecule has 1 aromatic rings. The van der Waals surface area contributed by atoms with Crippen molar-refractivity contribution in [1.82, 2.24) is 0 Å². The fraction of sp³-hybridized carbons (Fsp3) is 0.500. The summed E-state index contributed by atoms with van der Waals surface area (Å²) in [6.07, 6.45) is 3.55. The van der Waals surface area contributed by atoms with Gasteiger partial charge in [0.1, 0.15) is 0 Å². The third-order valence-electron chi connectivity index (χ3n) is 4.48. The number of amides is 1. The molecule has 1 amide bonds. The highest BCUT2D eigenvalue weighted by Gasteiger charge is 2.50. The first-order valence-corrected chi connectivity index (χ1v) is 6.59. The normalized spacial score (nSPS) is 35.1. The van der Waals surface area contributed by atoms with Gasteiger partial charge in [-0.3, -0.25) is 4.79 Å². The number of hydrogen-bond donors (Lipinski definition) is 1. The molecule has 0 spiro atoms. The van der Waals surface area contributed by atoms with Crippen LogP contribution in [0, 0.1) is 17.8 Å². The molecule has 90 valence electrons. The predicted molar refractivity (Wildman–Crippen MR) is 67.7 cm³/mol. The summed E-state index contributed by atoms with van der Waals surface area (Å²) < 4.78 is 0. The average Bonchev–Trinajstić information content (AvgIpc) is 2.88. The minimum atomic E-state index is -0.137. The molecule has 2 aliphatic carbocycles. The van der Waals surface area contributed by atoms with Crippen LogP contribution in [0.3, 0.4) is 0 Å². The summed E-state index contributed by atoms with van der Waals surface area (Å²) in [6, 6.07) is 7.90. The third-order valence-corrected chi connectivity index (χ3v) is 4.71. The van der Waals surface area contributed by atoms with Crippen LogP contribution in [0.4, 0.5) is 0 Å². The van der Waals surface area contributed by atoms with Gasteiger partial charge in [0.2, 0.25) is 5.91 Å². The third kappa shape index (κ3) is 1.75. The van der Waals surface area contributed by atoms with E-state index < -0.39 is 0 Å². The standard InChI is InChI=1S/C14H16ClNO/c15-11-3-1-2-8(7-11)12-9-4-5-10(6-9)13(12)14(16)17/h1-3,7,9-10,12-13H,4-6H2,(H2,16,17)/t9-,10+,12-,13-/m0/s1. The SMILES string of the molecule is NC(=O)[C@H]1[C@@H]2CC[C@@H](C2)[C@@H]1c1cccc(Cl)c1. The highest BCUT2D eigenvalue weighted by molar-refractivity contribution is 6.30. The highest BCUT2D eigenvalue weighted by atomic mass is 35.5. The summed E-state index contributed by atoms with van der Waals surface area (Å²) >= 11 is 6.04. The van der Waals surface area contributed by atoms with Gasteiger partial charge in [-0.1, -0.05) is 23.7 Å². The van der Waals surface area contributed by atoms with Crippen molar-refractivity contribution in [1.29, 1.82) is 0 Å². The summed E-state index contributed by atoms with van der Waals surface area (Å²) in [5.41, 5.74) is 6.77. The number of hydrogen-bond acceptors (Lipinski definition) is 1. The first-order valence-electron chi connectivity index (χ1n) is 6.21. The smallest absolute Gasteiger partial charge is 0.221 e. The summed E-state index contributed by atoms with van der Waals surface area (Å²) in [6.45, 7) is 0. The van der Waals surface area contributed by atoms with E-state index in [9.17, 15) is 4.79 Å². The molecule has 17 heavy (non-hydrogen) atoms. The van der Waals surface area contributed by atoms with Crippen LogP contribution in [0.1, 0.15) is 30.7 Å². The van der Waals surface area contributed by atoms with Gasteiger partial charge in [-0.15, -0.1) is 0 Å². The number of primary amides is 1. The van der Waals surface area contributed by atoms with E-state index >= 15 is 0 Å². The fourth-order valence-corrected chi connectivity index (χ4v) is 4.09. The molecule has 2 aliphatic rings. The van der Waals surface area contributed by atoms with E-state index in [1.807, 2.05) is 18.2 Å². The molecule has 1 aromatic carbocycles. The summed E-state index contributed by atoms with van der Waals surface area (Å²) in [4.78, 5) is 11.6. The van der Waals surface area contributed by atoms with Gasteiger partial charge in [-0.2, -0.15) is 0 Å². The van der Waals surface area contributed by atoms with Crippen molar-refractivity contribution in [2.45, 2.75) is 25.2 Å². The number of rotatable bonds is 2. The van der Waals surface area contributed by atoms with Crippen molar-refractivity contribution in [3.8, 4) is 0 Å². The molecule has 3 heteroatoms. The van der Waals surface area contributed by atoms with Gasteiger partial charge in [-0.05, 0) is 54.7 Å². The molecule has 0 radical (unpaired) electrons. The van der Waals surface area contributed by atoms with Crippen LogP contribution in [0.15, 0.2) is 24.3 Å². The van der Waals surface area contributed by atoms with Crippen LogP contribution < -0.4 is 5.73 Å². The Morgan fingerprint density at radius 3 is 2.76 bits per heavy atom. The molecule has 2 fully saturated rings. The van der Waals surface area contributed by atoms with Gasteiger partial charge in [0.15, 0.2) is 0 Å². The first kappa shape index (κ1) is 11.1. The van der Waals surface area contributed by atoms with E-state index in [0.29, 0.717) is 17.8 Å². The van der Waals surface area contributed by atoms with Crippen LogP contribution in [-0.4, -0.2) is 5.91 Å². The first-order chi connectivity index (χ1) is 8.16. The van der Waals surface area contributed by atoms with E-state index in [1.165, 1.54) is 12.0 Å². The molecule has 2 bridgehead atoms. The lowest BCUT2D eigenvalue weighted by Crippen LogP contribution is -2.33. The minimum absolute atomic E-state index is 0.0206. The zero-order valence-electron chi connectivity index (χ0n) is 9.60. The maximum atomic E-state index is 11.6. The predicted octanol–water partition coefficient (Wildman–Crippen LogP) is 2.96. The van der Waals surface area contributed by atoms with E-state index in [2.05, 4.69) is 6.07 Å².